The van der Waals surface area contributed by atoms with Gasteiger partial charge < -0.3 is 0 Å². The summed E-state index contributed by atoms with van der Waals surface area (Å²) in [6, 6.07) is 4.74. The minimum atomic E-state index is -4.37. The van der Waals surface area contributed by atoms with Crippen molar-refractivity contribution in [3.05, 3.63) is 47.2 Å². The maximum Gasteiger partial charge on any atom is 0.416 e. The van der Waals surface area contributed by atoms with Gasteiger partial charge in [-0.05, 0) is 12.1 Å². The third-order valence-corrected chi connectivity index (χ3v) is 3.97. The van der Waals surface area contributed by atoms with Crippen molar-refractivity contribution in [1.82, 2.24) is 20.2 Å². The van der Waals surface area contributed by atoms with Crippen molar-refractivity contribution < 1.29 is 18.0 Å². The number of halogens is 3. The average Bonchev–Trinajstić information content (AvgIpc) is 3.18. The molecule has 0 aliphatic carbocycles. The molecule has 0 unspecified atom stereocenters. The molecule has 6 nitrogen and oxygen atoms in total. The number of amides is 1. The second kappa shape index (κ2) is 6.40. The van der Waals surface area contributed by atoms with Crippen LogP contribution in [0.5, 0.6) is 0 Å². The molecular weight excluding hydrogens is 343 g/mol. The van der Waals surface area contributed by atoms with E-state index in [4.69, 9.17) is 0 Å². The maximum atomic E-state index is 12.6. The molecule has 0 aliphatic heterocycles. The zero-order valence-electron chi connectivity index (χ0n) is 12.0. The van der Waals surface area contributed by atoms with E-state index in [0.29, 0.717) is 16.3 Å². The van der Waals surface area contributed by atoms with Gasteiger partial charge >= 0.3 is 6.18 Å². The van der Waals surface area contributed by atoms with E-state index in [1.54, 1.807) is 5.38 Å². The summed E-state index contributed by atoms with van der Waals surface area (Å²) < 4.78 is 37.7. The van der Waals surface area contributed by atoms with E-state index < -0.39 is 11.7 Å². The number of H-pyrrole nitrogens is 1. The summed E-state index contributed by atoms with van der Waals surface area (Å²) in [6.45, 7) is 0. The van der Waals surface area contributed by atoms with Crippen molar-refractivity contribution in [1.29, 1.82) is 0 Å². The molecule has 0 saturated carbocycles. The van der Waals surface area contributed by atoms with Gasteiger partial charge in [-0.3, -0.25) is 10.1 Å². The topological polar surface area (TPSA) is 83.6 Å². The number of rotatable bonds is 4. The molecule has 1 amide bonds. The number of nitrogens with zero attached hydrogens (tertiary/aromatic N) is 3. The first kappa shape index (κ1) is 16.1. The average molecular weight is 353 g/mol. The van der Waals surface area contributed by atoms with Crippen molar-refractivity contribution in [2.24, 2.45) is 0 Å². The first-order chi connectivity index (χ1) is 11.4. The number of hydrogen-bond acceptors (Lipinski definition) is 5. The molecule has 0 saturated heterocycles. The zero-order valence-corrected chi connectivity index (χ0v) is 12.8. The number of carbonyl (C=O) groups excluding carboxylic acids is 1. The molecule has 2 heterocycles. The Kier molecular flexibility index (Phi) is 4.30. The molecule has 0 fully saturated rings. The van der Waals surface area contributed by atoms with Crippen LogP contribution in [0.15, 0.2) is 36.0 Å². The summed E-state index contributed by atoms with van der Waals surface area (Å²) in [5.74, 6) is -0.0887. The van der Waals surface area contributed by atoms with Crippen molar-refractivity contribution in [3.63, 3.8) is 0 Å². The minimum Gasteiger partial charge on any atom is -0.295 e. The predicted octanol–water partition coefficient (Wildman–Crippen LogP) is 3.13. The largest absolute Gasteiger partial charge is 0.416 e. The van der Waals surface area contributed by atoms with Crippen LogP contribution in [0.25, 0.3) is 10.6 Å². The lowest BCUT2D eigenvalue weighted by Gasteiger charge is -2.06. The van der Waals surface area contributed by atoms with Crippen LogP contribution in [0.3, 0.4) is 0 Å². The highest BCUT2D eigenvalue weighted by molar-refractivity contribution is 7.13. The third kappa shape index (κ3) is 3.77. The summed E-state index contributed by atoms with van der Waals surface area (Å²) in [4.78, 5) is 19.9. The number of alkyl halides is 3. The molecule has 124 valence electrons. The highest BCUT2D eigenvalue weighted by atomic mass is 32.1. The molecule has 2 aromatic heterocycles. The Labute approximate surface area is 137 Å². The number of thiazole rings is 1. The van der Waals surface area contributed by atoms with Gasteiger partial charge in [0.25, 0.3) is 0 Å². The lowest BCUT2D eigenvalue weighted by atomic mass is 10.1. The van der Waals surface area contributed by atoms with Gasteiger partial charge in [0.05, 0.1) is 17.7 Å². The standard InChI is InChI=1S/C14H10F3N5OS/c15-14(16,17)9-3-1-8(2-4-9)12-20-10(6-24-12)5-11(23)21-13-18-7-19-22-13/h1-4,6-7H,5H2,(H2,18,19,21,22,23). The second-order valence-corrected chi connectivity index (χ2v) is 5.64. The van der Waals surface area contributed by atoms with Gasteiger partial charge in [0.2, 0.25) is 11.9 Å². The van der Waals surface area contributed by atoms with Crippen LogP contribution in [-0.4, -0.2) is 26.1 Å². The molecule has 0 bridgehead atoms. The maximum absolute atomic E-state index is 12.6. The molecule has 24 heavy (non-hydrogen) atoms. The van der Waals surface area contributed by atoms with Crippen LogP contribution in [-0.2, 0) is 17.4 Å². The van der Waals surface area contributed by atoms with E-state index in [-0.39, 0.29) is 18.3 Å². The summed E-state index contributed by atoms with van der Waals surface area (Å²) in [5, 5.41) is 10.9. The summed E-state index contributed by atoms with van der Waals surface area (Å²) >= 11 is 1.26. The number of hydrogen-bond donors (Lipinski definition) is 2. The van der Waals surface area contributed by atoms with Crippen LogP contribution in [0.1, 0.15) is 11.3 Å². The second-order valence-electron chi connectivity index (χ2n) is 4.78. The molecule has 0 atom stereocenters. The van der Waals surface area contributed by atoms with Crippen molar-refractivity contribution in [2.75, 3.05) is 5.32 Å². The lowest BCUT2D eigenvalue weighted by molar-refractivity contribution is -0.137. The van der Waals surface area contributed by atoms with E-state index in [1.165, 1.54) is 29.8 Å². The zero-order chi connectivity index (χ0) is 17.2. The molecule has 1 aromatic carbocycles. The lowest BCUT2D eigenvalue weighted by Crippen LogP contribution is -2.15. The van der Waals surface area contributed by atoms with Gasteiger partial charge in [-0.2, -0.15) is 23.3 Å². The highest BCUT2D eigenvalue weighted by Gasteiger charge is 2.30. The highest BCUT2D eigenvalue weighted by Crippen LogP contribution is 2.31. The number of aromatic nitrogens is 4. The minimum absolute atomic E-state index is 0.0256. The Balaban J connectivity index is 1.68. The van der Waals surface area contributed by atoms with Crippen LogP contribution in [0, 0.1) is 0 Å². The van der Waals surface area contributed by atoms with Crippen molar-refractivity contribution >= 4 is 23.2 Å². The first-order valence-electron chi connectivity index (χ1n) is 6.69. The monoisotopic (exact) mass is 353 g/mol. The van der Waals surface area contributed by atoms with Gasteiger partial charge in [0, 0.05) is 10.9 Å². The molecule has 0 radical (unpaired) electrons. The molecule has 2 N–H and O–H groups in total. The summed E-state index contributed by atoms with van der Waals surface area (Å²) in [7, 11) is 0. The van der Waals surface area contributed by atoms with Crippen LogP contribution in [0.4, 0.5) is 19.1 Å². The van der Waals surface area contributed by atoms with E-state index in [1.807, 2.05) is 0 Å². The molecular formula is C14H10F3N5OS. The van der Waals surface area contributed by atoms with Crippen LogP contribution < -0.4 is 5.32 Å². The Bertz CT molecular complexity index is 827. The quantitative estimate of drug-likeness (QED) is 0.755. The smallest absolute Gasteiger partial charge is 0.295 e. The fourth-order valence-corrected chi connectivity index (χ4v) is 2.75. The van der Waals surface area contributed by atoms with Crippen molar-refractivity contribution in [3.8, 4) is 10.6 Å². The van der Waals surface area contributed by atoms with E-state index in [0.717, 1.165) is 12.1 Å². The SMILES string of the molecule is O=C(Cc1csc(-c2ccc(C(F)(F)F)cc2)n1)Nc1ncn[nH]1. The summed E-state index contributed by atoms with van der Waals surface area (Å²) in [5.41, 5.74) is 0.372. The molecule has 3 aromatic rings. The summed E-state index contributed by atoms with van der Waals surface area (Å²) in [6.07, 6.45) is -3.08. The number of carbonyl (C=O) groups is 1. The van der Waals surface area contributed by atoms with Crippen LogP contribution >= 0.6 is 11.3 Å². The van der Waals surface area contributed by atoms with Gasteiger partial charge in [-0.15, -0.1) is 11.3 Å². The van der Waals surface area contributed by atoms with E-state index >= 15 is 0 Å². The van der Waals surface area contributed by atoms with Gasteiger partial charge in [-0.1, -0.05) is 12.1 Å². The Hall–Kier alpha value is -2.75. The predicted molar refractivity (Wildman–Crippen MR) is 81.3 cm³/mol. The fraction of sp³-hybridized carbons (Fsp3) is 0.143. The Morgan fingerprint density at radius 3 is 2.62 bits per heavy atom. The molecule has 0 aliphatic rings. The normalized spacial score (nSPS) is 11.5. The molecule has 3 rings (SSSR count). The van der Waals surface area contributed by atoms with E-state index in [9.17, 15) is 18.0 Å². The van der Waals surface area contributed by atoms with Gasteiger partial charge in [-0.25, -0.2) is 10.1 Å². The van der Waals surface area contributed by atoms with Gasteiger partial charge in [0.1, 0.15) is 11.3 Å². The first-order valence-corrected chi connectivity index (χ1v) is 7.57. The number of aromatic amines is 1. The van der Waals surface area contributed by atoms with E-state index in [2.05, 4.69) is 25.5 Å². The number of anilines is 1. The van der Waals surface area contributed by atoms with Crippen molar-refractivity contribution in [2.45, 2.75) is 12.6 Å². The van der Waals surface area contributed by atoms with Crippen LogP contribution in [0.2, 0.25) is 0 Å². The third-order valence-electron chi connectivity index (χ3n) is 3.03. The van der Waals surface area contributed by atoms with Gasteiger partial charge in [0.15, 0.2) is 0 Å². The number of benzene rings is 1. The Morgan fingerprint density at radius 2 is 2.00 bits per heavy atom. The molecule has 0 spiro atoms. The molecule has 10 heteroatoms. The Morgan fingerprint density at radius 1 is 1.25 bits per heavy atom. The number of nitrogens with one attached hydrogen (secondary N) is 2. The fourth-order valence-electron chi connectivity index (χ4n) is 1.93.